The molecule has 0 saturated heterocycles. The van der Waals surface area contributed by atoms with Gasteiger partial charge >= 0.3 is 0 Å². The summed E-state index contributed by atoms with van der Waals surface area (Å²) in [5, 5.41) is 5.26. The van der Waals surface area contributed by atoms with Gasteiger partial charge in [-0.1, -0.05) is 42.5 Å². The molecule has 0 aliphatic heterocycles. The van der Waals surface area contributed by atoms with Gasteiger partial charge in [0.05, 0.1) is 0 Å². The molecule has 3 N–H and O–H groups in total. The van der Waals surface area contributed by atoms with E-state index in [2.05, 4.69) is 66.0 Å². The molecule has 120 valence electrons. The van der Waals surface area contributed by atoms with E-state index < -0.39 is 0 Å². The molecule has 1 aliphatic rings. The lowest BCUT2D eigenvalue weighted by Gasteiger charge is -2.21. The van der Waals surface area contributed by atoms with Crippen LogP contribution in [0.15, 0.2) is 60.7 Å². The lowest BCUT2D eigenvalue weighted by atomic mass is 9.88. The van der Waals surface area contributed by atoms with Gasteiger partial charge < -0.3 is 5.32 Å². The lowest BCUT2D eigenvalue weighted by molar-refractivity contribution is 0.341. The first-order chi connectivity index (χ1) is 11.2. The van der Waals surface area contributed by atoms with E-state index in [0.29, 0.717) is 5.92 Å². The van der Waals surface area contributed by atoms with E-state index in [1.54, 1.807) is 5.01 Å². The SMILES string of the molecule is CN(N)Cc1ccc(Nc2ccccc2C2C=CCCC2)cc1. The number of hydrogen-bond acceptors (Lipinski definition) is 3. The third-order valence-corrected chi connectivity index (χ3v) is 4.28. The highest BCUT2D eigenvalue weighted by Gasteiger charge is 2.14. The van der Waals surface area contributed by atoms with Crippen molar-refractivity contribution in [2.24, 2.45) is 5.84 Å². The van der Waals surface area contributed by atoms with Gasteiger partial charge in [-0.3, -0.25) is 5.84 Å². The summed E-state index contributed by atoms with van der Waals surface area (Å²) < 4.78 is 0. The topological polar surface area (TPSA) is 41.3 Å². The Hall–Kier alpha value is -2.10. The van der Waals surface area contributed by atoms with Gasteiger partial charge in [-0.25, -0.2) is 5.01 Å². The van der Waals surface area contributed by atoms with Gasteiger partial charge in [0.25, 0.3) is 0 Å². The van der Waals surface area contributed by atoms with E-state index in [-0.39, 0.29) is 0 Å². The third-order valence-electron chi connectivity index (χ3n) is 4.28. The van der Waals surface area contributed by atoms with Gasteiger partial charge in [-0.2, -0.15) is 0 Å². The van der Waals surface area contributed by atoms with Crippen LogP contribution in [0.4, 0.5) is 11.4 Å². The van der Waals surface area contributed by atoms with Crippen molar-refractivity contribution in [3.05, 3.63) is 71.8 Å². The summed E-state index contributed by atoms with van der Waals surface area (Å²) in [4.78, 5) is 0. The Balaban J connectivity index is 1.77. The number of benzene rings is 2. The molecule has 2 aromatic carbocycles. The second kappa shape index (κ2) is 7.44. The van der Waals surface area contributed by atoms with Crippen molar-refractivity contribution >= 4 is 11.4 Å². The number of nitrogens with two attached hydrogens (primary N) is 1. The maximum atomic E-state index is 5.70. The van der Waals surface area contributed by atoms with E-state index in [1.807, 2.05) is 7.05 Å². The smallest absolute Gasteiger partial charge is 0.0422 e. The van der Waals surface area contributed by atoms with Crippen LogP contribution in [0.25, 0.3) is 0 Å². The largest absolute Gasteiger partial charge is 0.355 e. The van der Waals surface area contributed by atoms with Crippen LogP contribution in [0.3, 0.4) is 0 Å². The molecule has 3 rings (SSSR count). The summed E-state index contributed by atoms with van der Waals surface area (Å²) >= 11 is 0. The third kappa shape index (κ3) is 4.21. The molecular weight excluding hydrogens is 282 g/mol. The summed E-state index contributed by atoms with van der Waals surface area (Å²) in [6.07, 6.45) is 8.38. The van der Waals surface area contributed by atoms with Crippen molar-refractivity contribution in [3.63, 3.8) is 0 Å². The van der Waals surface area contributed by atoms with Crippen LogP contribution in [0.1, 0.15) is 36.3 Å². The molecule has 23 heavy (non-hydrogen) atoms. The number of nitrogens with zero attached hydrogens (tertiary/aromatic N) is 1. The van der Waals surface area contributed by atoms with Crippen molar-refractivity contribution in [2.45, 2.75) is 31.7 Å². The molecule has 1 unspecified atom stereocenters. The lowest BCUT2D eigenvalue weighted by Crippen LogP contribution is -2.24. The fraction of sp³-hybridized carbons (Fsp3) is 0.300. The van der Waals surface area contributed by atoms with Crippen molar-refractivity contribution in [3.8, 4) is 0 Å². The minimum atomic E-state index is 0.526. The summed E-state index contributed by atoms with van der Waals surface area (Å²) in [5.41, 5.74) is 4.91. The fourth-order valence-electron chi connectivity index (χ4n) is 3.14. The molecule has 0 amide bonds. The van der Waals surface area contributed by atoms with Gasteiger partial charge in [-0.05, 0) is 48.6 Å². The van der Waals surface area contributed by atoms with Gasteiger partial charge in [0.15, 0.2) is 0 Å². The predicted molar refractivity (Wildman–Crippen MR) is 97.6 cm³/mol. The van der Waals surface area contributed by atoms with Crippen LogP contribution in [-0.4, -0.2) is 12.1 Å². The molecule has 0 bridgehead atoms. The highest BCUT2D eigenvalue weighted by molar-refractivity contribution is 5.64. The summed E-state index contributed by atoms with van der Waals surface area (Å²) in [5.74, 6) is 6.23. The Morgan fingerprint density at radius 2 is 1.91 bits per heavy atom. The number of hydrogen-bond donors (Lipinski definition) is 2. The zero-order chi connectivity index (χ0) is 16.1. The number of para-hydroxylation sites is 1. The Labute approximate surface area is 138 Å². The highest BCUT2D eigenvalue weighted by atomic mass is 15.4. The molecule has 0 heterocycles. The van der Waals surface area contributed by atoms with E-state index in [4.69, 9.17) is 5.84 Å². The van der Waals surface area contributed by atoms with Crippen molar-refractivity contribution < 1.29 is 0 Å². The number of hydrazine groups is 1. The van der Waals surface area contributed by atoms with Gasteiger partial charge in [-0.15, -0.1) is 0 Å². The average Bonchev–Trinajstić information content (AvgIpc) is 2.57. The number of allylic oxidation sites excluding steroid dienone is 2. The first-order valence-electron chi connectivity index (χ1n) is 8.30. The van der Waals surface area contributed by atoms with Crippen LogP contribution >= 0.6 is 0 Å². The molecule has 1 aliphatic carbocycles. The Morgan fingerprint density at radius 1 is 1.13 bits per heavy atom. The van der Waals surface area contributed by atoms with Gasteiger partial charge in [0.2, 0.25) is 0 Å². The van der Waals surface area contributed by atoms with Crippen LogP contribution in [0.5, 0.6) is 0 Å². The second-order valence-electron chi connectivity index (χ2n) is 6.29. The van der Waals surface area contributed by atoms with Crippen molar-refractivity contribution in [1.82, 2.24) is 5.01 Å². The zero-order valence-corrected chi connectivity index (χ0v) is 13.7. The molecule has 0 aromatic heterocycles. The summed E-state index contributed by atoms with van der Waals surface area (Å²) in [7, 11) is 1.88. The predicted octanol–water partition coefficient (Wildman–Crippen LogP) is 4.56. The highest BCUT2D eigenvalue weighted by Crippen LogP contribution is 2.33. The normalized spacial score (nSPS) is 17.4. The molecule has 0 saturated carbocycles. The Morgan fingerprint density at radius 3 is 2.61 bits per heavy atom. The van der Waals surface area contributed by atoms with E-state index in [9.17, 15) is 0 Å². The van der Waals surface area contributed by atoms with Crippen molar-refractivity contribution in [2.75, 3.05) is 12.4 Å². The van der Waals surface area contributed by atoms with E-state index >= 15 is 0 Å². The maximum Gasteiger partial charge on any atom is 0.0422 e. The minimum absolute atomic E-state index is 0.526. The van der Waals surface area contributed by atoms with Crippen LogP contribution in [0, 0.1) is 0 Å². The quantitative estimate of drug-likeness (QED) is 0.483. The van der Waals surface area contributed by atoms with Crippen LogP contribution in [-0.2, 0) is 6.54 Å². The van der Waals surface area contributed by atoms with Gasteiger partial charge in [0.1, 0.15) is 0 Å². The van der Waals surface area contributed by atoms with Gasteiger partial charge in [0, 0.05) is 30.9 Å². The number of nitrogens with one attached hydrogen (secondary N) is 1. The first kappa shape index (κ1) is 15.8. The number of anilines is 2. The van der Waals surface area contributed by atoms with Crippen molar-refractivity contribution in [1.29, 1.82) is 0 Å². The second-order valence-corrected chi connectivity index (χ2v) is 6.29. The van der Waals surface area contributed by atoms with Crippen LogP contribution in [0.2, 0.25) is 0 Å². The molecule has 3 heteroatoms. The molecule has 0 spiro atoms. The van der Waals surface area contributed by atoms with E-state index in [1.165, 1.54) is 36.1 Å². The monoisotopic (exact) mass is 307 g/mol. The molecule has 3 nitrogen and oxygen atoms in total. The fourth-order valence-corrected chi connectivity index (χ4v) is 3.14. The average molecular weight is 307 g/mol. The zero-order valence-electron chi connectivity index (χ0n) is 13.7. The molecule has 1 atom stereocenters. The Kier molecular flexibility index (Phi) is 5.11. The Bertz CT molecular complexity index is 659. The summed E-state index contributed by atoms with van der Waals surface area (Å²) in [6.45, 7) is 0.754. The van der Waals surface area contributed by atoms with Crippen LogP contribution < -0.4 is 11.2 Å². The minimum Gasteiger partial charge on any atom is -0.355 e. The molecule has 0 fully saturated rings. The number of rotatable bonds is 5. The first-order valence-corrected chi connectivity index (χ1v) is 8.30. The molecule has 2 aromatic rings. The standard InChI is InChI=1S/C20H25N3/c1-23(21)15-16-11-13-18(14-12-16)22-20-10-6-5-9-19(20)17-7-3-2-4-8-17/h3,5-7,9-14,17,22H,2,4,8,15,21H2,1H3. The molecular formula is C20H25N3. The van der Waals surface area contributed by atoms with E-state index in [0.717, 1.165) is 12.2 Å². The molecule has 0 radical (unpaired) electrons. The summed E-state index contributed by atoms with van der Waals surface area (Å²) in [6, 6.07) is 17.1. The maximum absolute atomic E-state index is 5.70.